The lowest BCUT2D eigenvalue weighted by atomic mass is 10.00. The average molecular weight is 340 g/mol. The highest BCUT2D eigenvalue weighted by Gasteiger charge is 2.21. The Labute approximate surface area is 146 Å². The summed E-state index contributed by atoms with van der Waals surface area (Å²) in [5.74, 6) is -0.998. The zero-order valence-corrected chi connectivity index (χ0v) is 14.2. The predicted molar refractivity (Wildman–Crippen MR) is 93.0 cm³/mol. The number of nitrogens with zero attached hydrogens (tertiary/aromatic N) is 1. The summed E-state index contributed by atoms with van der Waals surface area (Å²) >= 11 is 0. The third-order valence-corrected chi connectivity index (χ3v) is 3.60. The Hall–Kier alpha value is -2.88. The maximum atomic E-state index is 11.8. The first kappa shape index (κ1) is 18.5. The Morgan fingerprint density at radius 3 is 2.12 bits per heavy atom. The minimum atomic E-state index is -0.998. The maximum Gasteiger partial charge on any atom is 0.330 e. The first-order chi connectivity index (χ1) is 12.1. The number of benzene rings is 2. The van der Waals surface area contributed by atoms with Gasteiger partial charge in [0.15, 0.2) is 6.04 Å². The van der Waals surface area contributed by atoms with Gasteiger partial charge < -0.3 is 19.9 Å². The molecule has 0 spiro atoms. The van der Waals surface area contributed by atoms with Crippen LogP contribution in [0.3, 0.4) is 0 Å². The summed E-state index contributed by atoms with van der Waals surface area (Å²) < 4.78 is 10.3. The van der Waals surface area contributed by atoms with Gasteiger partial charge in [-0.25, -0.2) is 4.79 Å². The second-order valence-corrected chi connectivity index (χ2v) is 5.55. The molecule has 6 heteroatoms. The van der Waals surface area contributed by atoms with E-state index in [-0.39, 0.29) is 0 Å². The fourth-order valence-electron chi connectivity index (χ4n) is 2.55. The molecule has 6 nitrogen and oxygen atoms in total. The van der Waals surface area contributed by atoms with Crippen LogP contribution in [0.2, 0.25) is 0 Å². The van der Waals surface area contributed by atoms with Crippen molar-refractivity contribution < 1.29 is 19.4 Å². The molecule has 1 unspecified atom stereocenters. The summed E-state index contributed by atoms with van der Waals surface area (Å²) in [6.07, 6.45) is 0. The minimum absolute atomic E-state index is 0.383. The standard InChI is InChI=1S/C19H20N2O4/c1-24-11-14-7-15(12-25-2)9-16(8-14)18(19(22)23)21-17-5-3-13(10-20)4-6-17/h3-9,18,21H,11-12H2,1-2H3,(H,22,23). The molecule has 25 heavy (non-hydrogen) atoms. The van der Waals surface area contributed by atoms with Gasteiger partial charge in [0.1, 0.15) is 0 Å². The van der Waals surface area contributed by atoms with Crippen LogP contribution in [0, 0.1) is 11.3 Å². The van der Waals surface area contributed by atoms with E-state index >= 15 is 0 Å². The monoisotopic (exact) mass is 340 g/mol. The van der Waals surface area contributed by atoms with Gasteiger partial charge in [-0.15, -0.1) is 0 Å². The van der Waals surface area contributed by atoms with Crippen LogP contribution in [0.25, 0.3) is 0 Å². The zero-order chi connectivity index (χ0) is 18.2. The summed E-state index contributed by atoms with van der Waals surface area (Å²) in [7, 11) is 3.18. The molecule has 130 valence electrons. The Balaban J connectivity index is 2.34. The van der Waals surface area contributed by atoms with Gasteiger partial charge in [-0.1, -0.05) is 18.2 Å². The van der Waals surface area contributed by atoms with Crippen LogP contribution in [0.1, 0.15) is 28.3 Å². The van der Waals surface area contributed by atoms with Crippen molar-refractivity contribution in [1.29, 1.82) is 5.26 Å². The summed E-state index contributed by atoms with van der Waals surface area (Å²) in [5.41, 5.74) is 3.50. The fourth-order valence-corrected chi connectivity index (χ4v) is 2.55. The molecule has 0 heterocycles. The molecule has 1 atom stereocenters. The smallest absolute Gasteiger partial charge is 0.330 e. The predicted octanol–water partition coefficient (Wildman–Crippen LogP) is 3.09. The molecular formula is C19H20N2O4. The van der Waals surface area contributed by atoms with E-state index in [1.54, 1.807) is 50.6 Å². The van der Waals surface area contributed by atoms with E-state index in [9.17, 15) is 9.90 Å². The van der Waals surface area contributed by atoms with Crippen molar-refractivity contribution in [2.75, 3.05) is 19.5 Å². The van der Waals surface area contributed by atoms with Gasteiger partial charge in [-0.2, -0.15) is 5.26 Å². The molecule has 2 aromatic carbocycles. The number of carboxylic acid groups (broad SMARTS) is 1. The lowest BCUT2D eigenvalue weighted by Crippen LogP contribution is -2.21. The van der Waals surface area contributed by atoms with Crippen LogP contribution in [-0.2, 0) is 27.5 Å². The summed E-state index contributed by atoms with van der Waals surface area (Å²) in [6.45, 7) is 0.765. The first-order valence-corrected chi connectivity index (χ1v) is 7.67. The van der Waals surface area contributed by atoms with E-state index in [1.165, 1.54) is 0 Å². The molecule has 0 fully saturated rings. The van der Waals surface area contributed by atoms with Crippen molar-refractivity contribution in [3.8, 4) is 6.07 Å². The first-order valence-electron chi connectivity index (χ1n) is 7.67. The van der Waals surface area contributed by atoms with E-state index in [1.807, 2.05) is 12.1 Å². The van der Waals surface area contributed by atoms with Gasteiger partial charge >= 0.3 is 5.97 Å². The van der Waals surface area contributed by atoms with E-state index in [4.69, 9.17) is 14.7 Å². The molecule has 2 N–H and O–H groups in total. The number of rotatable bonds is 8. The second kappa shape index (κ2) is 8.83. The van der Waals surface area contributed by atoms with Crippen molar-refractivity contribution >= 4 is 11.7 Å². The molecule has 0 aliphatic carbocycles. The number of methoxy groups -OCH3 is 2. The van der Waals surface area contributed by atoms with Crippen LogP contribution in [-0.4, -0.2) is 25.3 Å². The summed E-state index contributed by atoms with van der Waals surface area (Å²) in [4.78, 5) is 11.8. The number of anilines is 1. The largest absolute Gasteiger partial charge is 0.479 e. The second-order valence-electron chi connectivity index (χ2n) is 5.55. The Morgan fingerprint density at radius 1 is 1.12 bits per heavy atom. The SMILES string of the molecule is COCc1cc(COC)cc(C(Nc2ccc(C#N)cc2)C(=O)O)c1. The molecule has 0 radical (unpaired) electrons. The summed E-state index contributed by atoms with van der Waals surface area (Å²) in [5, 5.41) is 21.5. The lowest BCUT2D eigenvalue weighted by Gasteiger charge is -2.18. The van der Waals surface area contributed by atoms with Crippen LogP contribution in [0.4, 0.5) is 5.69 Å². The molecule has 0 bridgehead atoms. The van der Waals surface area contributed by atoms with Gasteiger partial charge in [0, 0.05) is 19.9 Å². The number of hydrogen-bond donors (Lipinski definition) is 2. The Kier molecular flexibility index (Phi) is 6.52. The molecule has 0 aliphatic heterocycles. The van der Waals surface area contributed by atoms with Crippen LogP contribution in [0.5, 0.6) is 0 Å². The normalized spacial score (nSPS) is 11.6. The third-order valence-electron chi connectivity index (χ3n) is 3.60. The topological polar surface area (TPSA) is 91.6 Å². The van der Waals surface area contributed by atoms with Gasteiger partial charge in [0.25, 0.3) is 0 Å². The zero-order valence-electron chi connectivity index (χ0n) is 14.2. The molecule has 0 aromatic heterocycles. The molecule has 0 saturated heterocycles. The van der Waals surface area contributed by atoms with Crippen molar-refractivity contribution in [3.05, 3.63) is 64.7 Å². The highest BCUT2D eigenvalue weighted by atomic mass is 16.5. The average Bonchev–Trinajstić information content (AvgIpc) is 2.60. The van der Waals surface area contributed by atoms with Crippen molar-refractivity contribution in [2.24, 2.45) is 0 Å². The third kappa shape index (κ3) is 5.05. The number of aliphatic carboxylic acids is 1. The van der Waals surface area contributed by atoms with Crippen LogP contribution < -0.4 is 5.32 Å². The van der Waals surface area contributed by atoms with Gasteiger partial charge in [-0.3, -0.25) is 0 Å². The molecule has 0 aliphatic rings. The van der Waals surface area contributed by atoms with Crippen LogP contribution >= 0.6 is 0 Å². The van der Waals surface area contributed by atoms with Gasteiger partial charge in [-0.05, 0) is 41.0 Å². The number of nitriles is 1. The number of nitrogens with one attached hydrogen (secondary N) is 1. The molecular weight excluding hydrogens is 320 g/mol. The maximum absolute atomic E-state index is 11.8. The van der Waals surface area contributed by atoms with Crippen molar-refractivity contribution in [3.63, 3.8) is 0 Å². The lowest BCUT2D eigenvalue weighted by molar-refractivity contribution is -0.138. The molecule has 0 amide bonds. The minimum Gasteiger partial charge on any atom is -0.479 e. The Morgan fingerprint density at radius 2 is 1.68 bits per heavy atom. The van der Waals surface area contributed by atoms with E-state index < -0.39 is 12.0 Å². The van der Waals surface area contributed by atoms with E-state index in [0.29, 0.717) is 30.0 Å². The highest BCUT2D eigenvalue weighted by Crippen LogP contribution is 2.24. The van der Waals surface area contributed by atoms with E-state index in [2.05, 4.69) is 5.32 Å². The fraction of sp³-hybridized carbons (Fsp3) is 0.263. The number of carbonyl (C=O) groups is 1. The molecule has 0 saturated carbocycles. The number of ether oxygens (including phenoxy) is 2. The van der Waals surface area contributed by atoms with Gasteiger partial charge in [0.2, 0.25) is 0 Å². The molecule has 2 rings (SSSR count). The van der Waals surface area contributed by atoms with Crippen molar-refractivity contribution in [2.45, 2.75) is 19.3 Å². The highest BCUT2D eigenvalue weighted by molar-refractivity contribution is 5.79. The van der Waals surface area contributed by atoms with Crippen LogP contribution in [0.15, 0.2) is 42.5 Å². The quantitative estimate of drug-likeness (QED) is 0.767. The molecule has 2 aromatic rings. The van der Waals surface area contributed by atoms with Gasteiger partial charge in [0.05, 0.1) is 24.8 Å². The number of hydrogen-bond acceptors (Lipinski definition) is 5. The van der Waals surface area contributed by atoms with E-state index in [0.717, 1.165) is 11.1 Å². The Bertz CT molecular complexity index is 742. The number of carboxylic acids is 1. The summed E-state index contributed by atoms with van der Waals surface area (Å²) in [6, 6.07) is 13.3. The van der Waals surface area contributed by atoms with Crippen molar-refractivity contribution in [1.82, 2.24) is 0 Å².